The minimum Gasteiger partial charge on any atom is -0.463 e. The molecule has 1 aromatic carbocycles. The number of carbonyl (C=O) groups is 1. The molecule has 19 heavy (non-hydrogen) atoms. The molecule has 0 aliphatic heterocycles. The Morgan fingerprint density at radius 1 is 1.21 bits per heavy atom. The number of ether oxygens (including phenoxy) is 2. The van der Waals surface area contributed by atoms with Gasteiger partial charge in [0.1, 0.15) is 6.61 Å². The van der Waals surface area contributed by atoms with Crippen LogP contribution in [0.3, 0.4) is 0 Å². The van der Waals surface area contributed by atoms with Crippen molar-refractivity contribution in [3.63, 3.8) is 0 Å². The monoisotopic (exact) mass is 264 g/mol. The maximum atomic E-state index is 11.6. The van der Waals surface area contributed by atoms with Gasteiger partial charge < -0.3 is 9.47 Å². The third-order valence-corrected chi connectivity index (χ3v) is 2.89. The van der Waals surface area contributed by atoms with Crippen molar-refractivity contribution in [2.24, 2.45) is 0 Å². The van der Waals surface area contributed by atoms with Crippen LogP contribution in [0.2, 0.25) is 0 Å². The van der Waals surface area contributed by atoms with Crippen molar-refractivity contribution in [2.45, 2.75) is 46.6 Å². The molecule has 0 saturated carbocycles. The fraction of sp³-hybridized carbons (Fsp3) is 0.562. The summed E-state index contributed by atoms with van der Waals surface area (Å²) in [5, 5.41) is 0. The van der Waals surface area contributed by atoms with E-state index >= 15 is 0 Å². The molecule has 0 aliphatic rings. The molecule has 1 aromatic rings. The van der Waals surface area contributed by atoms with Crippen LogP contribution in [0.4, 0.5) is 0 Å². The zero-order chi connectivity index (χ0) is 14.3. The first-order valence-electron chi connectivity index (χ1n) is 6.82. The van der Waals surface area contributed by atoms with Gasteiger partial charge in [-0.3, -0.25) is 4.79 Å². The van der Waals surface area contributed by atoms with Crippen molar-refractivity contribution in [2.75, 3.05) is 13.2 Å². The lowest BCUT2D eigenvalue weighted by Crippen LogP contribution is -2.14. The van der Waals surface area contributed by atoms with Gasteiger partial charge in [0.25, 0.3) is 0 Å². The molecule has 106 valence electrons. The molecule has 0 bridgehead atoms. The summed E-state index contributed by atoms with van der Waals surface area (Å²) in [6, 6.07) is 6.29. The predicted molar refractivity (Wildman–Crippen MR) is 76.3 cm³/mol. The first-order valence-corrected chi connectivity index (χ1v) is 6.82. The van der Waals surface area contributed by atoms with Crippen LogP contribution in [-0.4, -0.2) is 25.3 Å². The number of rotatable bonds is 7. The van der Waals surface area contributed by atoms with E-state index < -0.39 is 0 Å². The van der Waals surface area contributed by atoms with E-state index in [0.717, 1.165) is 6.42 Å². The van der Waals surface area contributed by atoms with Crippen molar-refractivity contribution < 1.29 is 14.3 Å². The Kier molecular flexibility index (Phi) is 6.57. The van der Waals surface area contributed by atoms with Crippen molar-refractivity contribution in [3.8, 4) is 0 Å². The minimum atomic E-state index is -0.160. The highest BCUT2D eigenvalue weighted by Gasteiger charge is 2.06. The second-order valence-corrected chi connectivity index (χ2v) is 5.07. The van der Waals surface area contributed by atoms with Gasteiger partial charge in [0.15, 0.2) is 0 Å². The highest BCUT2D eigenvalue weighted by molar-refractivity contribution is 5.69. The number of esters is 1. The van der Waals surface area contributed by atoms with Crippen molar-refractivity contribution in [3.05, 3.63) is 34.9 Å². The molecule has 0 N–H and O–H groups in total. The van der Waals surface area contributed by atoms with E-state index in [0.29, 0.717) is 19.6 Å². The normalized spacial score (nSPS) is 10.8. The second kappa shape index (κ2) is 7.95. The van der Waals surface area contributed by atoms with Gasteiger partial charge in [-0.05, 0) is 45.2 Å². The number of hydrogen-bond donors (Lipinski definition) is 0. The van der Waals surface area contributed by atoms with Crippen molar-refractivity contribution in [1.29, 1.82) is 0 Å². The first kappa shape index (κ1) is 15.7. The third kappa shape index (κ3) is 6.39. The molecular formula is C16H24O3. The van der Waals surface area contributed by atoms with Crippen LogP contribution in [-0.2, 0) is 20.7 Å². The van der Waals surface area contributed by atoms with Crippen molar-refractivity contribution >= 4 is 5.97 Å². The van der Waals surface area contributed by atoms with E-state index in [1.165, 1.54) is 16.7 Å². The zero-order valence-corrected chi connectivity index (χ0v) is 12.4. The summed E-state index contributed by atoms with van der Waals surface area (Å²) in [4.78, 5) is 11.6. The Balaban J connectivity index is 2.26. The molecule has 3 heteroatoms. The second-order valence-electron chi connectivity index (χ2n) is 5.07. The summed E-state index contributed by atoms with van der Waals surface area (Å²) in [6.07, 6.45) is 1.33. The molecule has 0 spiro atoms. The summed E-state index contributed by atoms with van der Waals surface area (Å²) in [5.74, 6) is -0.160. The van der Waals surface area contributed by atoms with Gasteiger partial charge in [-0.2, -0.15) is 0 Å². The molecule has 1 rings (SSSR count). The van der Waals surface area contributed by atoms with Gasteiger partial charge in [-0.15, -0.1) is 0 Å². The predicted octanol–water partition coefficient (Wildman–Crippen LogP) is 3.20. The average Bonchev–Trinajstić information content (AvgIpc) is 2.33. The lowest BCUT2D eigenvalue weighted by molar-refractivity contribution is -0.145. The number of benzene rings is 1. The molecule has 0 amide bonds. The number of hydrogen-bond acceptors (Lipinski definition) is 3. The van der Waals surface area contributed by atoms with Crippen LogP contribution < -0.4 is 0 Å². The lowest BCUT2D eigenvalue weighted by Gasteiger charge is -2.09. The molecule has 0 fully saturated rings. The molecule has 0 atom stereocenters. The van der Waals surface area contributed by atoms with Crippen LogP contribution in [0.5, 0.6) is 0 Å². The highest BCUT2D eigenvalue weighted by Crippen LogP contribution is 2.12. The van der Waals surface area contributed by atoms with E-state index in [9.17, 15) is 4.79 Å². The number of carbonyl (C=O) groups excluding carboxylic acids is 1. The highest BCUT2D eigenvalue weighted by atomic mass is 16.6. The fourth-order valence-electron chi connectivity index (χ4n) is 1.87. The standard InChI is InChI=1S/C16H24O3/c1-12(2)18-9-10-19-16(17)8-7-15-6-5-13(3)11-14(15)4/h5-6,11-12H,7-10H2,1-4H3. The largest absolute Gasteiger partial charge is 0.463 e. The van der Waals surface area contributed by atoms with Crippen LogP contribution >= 0.6 is 0 Å². The molecule has 0 unspecified atom stereocenters. The summed E-state index contributed by atoms with van der Waals surface area (Å²) >= 11 is 0. The van der Waals surface area contributed by atoms with Crippen LogP contribution in [0.1, 0.15) is 37.0 Å². The number of aryl methyl sites for hydroxylation is 3. The Morgan fingerprint density at radius 2 is 1.95 bits per heavy atom. The molecule has 0 heterocycles. The van der Waals surface area contributed by atoms with Crippen molar-refractivity contribution in [1.82, 2.24) is 0 Å². The summed E-state index contributed by atoms with van der Waals surface area (Å²) in [7, 11) is 0. The SMILES string of the molecule is Cc1ccc(CCC(=O)OCCOC(C)C)c(C)c1. The lowest BCUT2D eigenvalue weighted by atomic mass is 10.0. The van der Waals surface area contributed by atoms with Gasteiger partial charge >= 0.3 is 5.97 Å². The van der Waals surface area contributed by atoms with Gasteiger partial charge in [0.2, 0.25) is 0 Å². The summed E-state index contributed by atoms with van der Waals surface area (Å²) in [6.45, 7) is 8.87. The molecular weight excluding hydrogens is 240 g/mol. The van der Waals surface area contributed by atoms with E-state index in [-0.39, 0.29) is 12.1 Å². The smallest absolute Gasteiger partial charge is 0.306 e. The van der Waals surface area contributed by atoms with Gasteiger partial charge in [-0.1, -0.05) is 23.8 Å². The van der Waals surface area contributed by atoms with E-state index in [4.69, 9.17) is 9.47 Å². The molecule has 0 saturated heterocycles. The first-order chi connectivity index (χ1) is 8.99. The van der Waals surface area contributed by atoms with Crippen LogP contribution in [0, 0.1) is 13.8 Å². The quantitative estimate of drug-likeness (QED) is 0.560. The van der Waals surface area contributed by atoms with E-state index in [2.05, 4.69) is 32.0 Å². The molecule has 0 aromatic heterocycles. The van der Waals surface area contributed by atoms with Crippen LogP contribution in [0.15, 0.2) is 18.2 Å². The minimum absolute atomic E-state index is 0.160. The Hall–Kier alpha value is -1.35. The zero-order valence-electron chi connectivity index (χ0n) is 12.4. The maximum absolute atomic E-state index is 11.6. The Morgan fingerprint density at radius 3 is 2.58 bits per heavy atom. The summed E-state index contributed by atoms with van der Waals surface area (Å²) < 4.78 is 10.4. The maximum Gasteiger partial charge on any atom is 0.306 e. The van der Waals surface area contributed by atoms with Gasteiger partial charge in [-0.25, -0.2) is 0 Å². The average molecular weight is 264 g/mol. The summed E-state index contributed by atoms with van der Waals surface area (Å²) in [5.41, 5.74) is 3.69. The third-order valence-electron chi connectivity index (χ3n) is 2.89. The van der Waals surface area contributed by atoms with Gasteiger partial charge in [0.05, 0.1) is 12.7 Å². The molecule has 0 aliphatic carbocycles. The van der Waals surface area contributed by atoms with Crippen LogP contribution in [0.25, 0.3) is 0 Å². The van der Waals surface area contributed by atoms with E-state index in [1.807, 2.05) is 13.8 Å². The molecule has 3 nitrogen and oxygen atoms in total. The van der Waals surface area contributed by atoms with E-state index in [1.54, 1.807) is 0 Å². The Labute approximate surface area is 115 Å². The molecule has 0 radical (unpaired) electrons. The Bertz CT molecular complexity index is 410. The topological polar surface area (TPSA) is 35.5 Å². The fourth-order valence-corrected chi connectivity index (χ4v) is 1.87. The van der Waals surface area contributed by atoms with Gasteiger partial charge in [0, 0.05) is 6.42 Å².